The molecule has 0 amide bonds. The summed E-state index contributed by atoms with van der Waals surface area (Å²) in [5.74, 6) is -0.193. The fourth-order valence-electron chi connectivity index (χ4n) is 2.78. The molecule has 0 saturated carbocycles. The van der Waals surface area contributed by atoms with Gasteiger partial charge >= 0.3 is 0 Å². The van der Waals surface area contributed by atoms with Gasteiger partial charge in [-0.3, -0.25) is 4.79 Å². The third-order valence-corrected chi connectivity index (χ3v) is 6.87. The summed E-state index contributed by atoms with van der Waals surface area (Å²) in [4.78, 5) is 16.8. The van der Waals surface area contributed by atoms with Crippen molar-refractivity contribution in [2.75, 3.05) is 0 Å². The molecule has 0 fully saturated rings. The second kappa shape index (κ2) is 13.0. The summed E-state index contributed by atoms with van der Waals surface area (Å²) in [5, 5.41) is 0. The van der Waals surface area contributed by atoms with E-state index in [2.05, 4.69) is 44.2 Å². The molecule has 0 radical (unpaired) electrons. The molecule has 4 heteroatoms. The predicted octanol–water partition coefficient (Wildman–Crippen LogP) is 9.33. The van der Waals surface area contributed by atoms with Crippen molar-refractivity contribution in [2.45, 2.75) is 40.4 Å². The number of hydrogen-bond donors (Lipinski definition) is 0. The number of rotatable bonds is 6. The molecular weight excluding hydrogens is 459 g/mol. The molecule has 0 unspecified atom stereocenters. The lowest BCUT2D eigenvalue weighted by molar-refractivity contribution is 0.103. The van der Waals surface area contributed by atoms with Gasteiger partial charge in [-0.15, -0.1) is 0 Å². The lowest BCUT2D eigenvalue weighted by Gasteiger charge is -2.06. The van der Waals surface area contributed by atoms with Gasteiger partial charge in [0.15, 0.2) is 5.78 Å². The molecule has 0 aliphatic rings. The molecule has 172 valence electrons. The Hall–Kier alpha value is -3.08. The van der Waals surface area contributed by atoms with Gasteiger partial charge < -0.3 is 0 Å². The first-order valence-corrected chi connectivity index (χ1v) is 12.6. The van der Waals surface area contributed by atoms with E-state index in [0.717, 1.165) is 19.6 Å². The summed E-state index contributed by atoms with van der Waals surface area (Å²) in [7, 11) is 0. The molecule has 4 rings (SSSR count). The van der Waals surface area contributed by atoms with Crippen molar-refractivity contribution in [1.82, 2.24) is 0 Å². The van der Waals surface area contributed by atoms with Crippen LogP contribution in [0, 0.1) is 5.82 Å². The third kappa shape index (κ3) is 8.05. The quantitative estimate of drug-likeness (QED) is 0.200. The van der Waals surface area contributed by atoms with Gasteiger partial charge in [0.25, 0.3) is 0 Å². The number of carbonyl (C=O) groups excluding carboxylic acids is 1. The van der Waals surface area contributed by atoms with E-state index in [0.29, 0.717) is 11.1 Å². The maximum atomic E-state index is 13.0. The van der Waals surface area contributed by atoms with Gasteiger partial charge in [0.1, 0.15) is 5.82 Å². The van der Waals surface area contributed by atoms with E-state index in [1.807, 2.05) is 61.5 Å². The molecule has 0 N–H and O–H groups in total. The Morgan fingerprint density at radius 1 is 0.618 bits per heavy atom. The lowest BCUT2D eigenvalue weighted by atomic mass is 10.0. The predicted molar refractivity (Wildman–Crippen MR) is 143 cm³/mol. The van der Waals surface area contributed by atoms with E-state index in [1.54, 1.807) is 35.7 Å². The van der Waals surface area contributed by atoms with Crippen LogP contribution in [0.1, 0.15) is 36.7 Å². The van der Waals surface area contributed by atoms with Crippen LogP contribution in [0.2, 0.25) is 0 Å². The summed E-state index contributed by atoms with van der Waals surface area (Å²) >= 11 is 3.25. The smallest absolute Gasteiger partial charge is 0.193 e. The Kier molecular flexibility index (Phi) is 9.75. The SMILES string of the molecule is CC=C(C)C.O=C(c1ccccc1)c1ccc(Sc2ccc(Sc3ccc(F)cc3)cc2)cc1. The van der Waals surface area contributed by atoms with Crippen LogP contribution in [0.5, 0.6) is 0 Å². The molecule has 4 aromatic rings. The number of benzene rings is 4. The molecule has 0 atom stereocenters. The minimum Gasteiger partial charge on any atom is -0.289 e. The standard InChI is InChI=1S/C25H17FOS2.C5H10/c26-20-8-12-22(13-9-20)29-24-16-14-23(15-17-24)28-21-10-6-19(7-11-21)25(27)18-4-2-1-3-5-18;1-4-5(2)3/h1-17H;4H,1-3H3. The molecule has 0 bridgehead atoms. The van der Waals surface area contributed by atoms with E-state index in [4.69, 9.17) is 0 Å². The zero-order valence-corrected chi connectivity index (χ0v) is 21.1. The Labute approximate surface area is 210 Å². The van der Waals surface area contributed by atoms with Crippen LogP contribution in [0.25, 0.3) is 0 Å². The largest absolute Gasteiger partial charge is 0.289 e. The second-order valence-electron chi connectivity index (χ2n) is 7.72. The Morgan fingerprint density at radius 3 is 1.38 bits per heavy atom. The van der Waals surface area contributed by atoms with Crippen LogP contribution in [0.3, 0.4) is 0 Å². The molecule has 0 aliphatic heterocycles. The van der Waals surface area contributed by atoms with Gasteiger partial charge in [0, 0.05) is 30.7 Å². The van der Waals surface area contributed by atoms with Crippen LogP contribution in [-0.2, 0) is 0 Å². The molecule has 0 spiro atoms. The van der Waals surface area contributed by atoms with Crippen LogP contribution < -0.4 is 0 Å². The number of ketones is 1. The highest BCUT2D eigenvalue weighted by atomic mass is 32.2. The number of carbonyl (C=O) groups is 1. The zero-order valence-electron chi connectivity index (χ0n) is 19.5. The van der Waals surface area contributed by atoms with E-state index in [9.17, 15) is 9.18 Å². The Bertz CT molecular complexity index is 1210. The second-order valence-corrected chi connectivity index (χ2v) is 10.0. The topological polar surface area (TPSA) is 17.1 Å². The van der Waals surface area contributed by atoms with Gasteiger partial charge in [-0.05, 0) is 93.6 Å². The highest BCUT2D eigenvalue weighted by molar-refractivity contribution is 7.99. The van der Waals surface area contributed by atoms with Crippen molar-refractivity contribution in [3.05, 3.63) is 132 Å². The zero-order chi connectivity index (χ0) is 24.3. The lowest BCUT2D eigenvalue weighted by Crippen LogP contribution is -2.00. The molecule has 0 heterocycles. The van der Waals surface area contributed by atoms with Gasteiger partial charge in [-0.1, -0.05) is 65.5 Å². The average molecular weight is 487 g/mol. The monoisotopic (exact) mass is 486 g/mol. The first-order valence-electron chi connectivity index (χ1n) is 11.0. The summed E-state index contributed by atoms with van der Waals surface area (Å²) in [6.07, 6.45) is 2.08. The molecule has 0 aromatic heterocycles. The van der Waals surface area contributed by atoms with Crippen molar-refractivity contribution < 1.29 is 9.18 Å². The van der Waals surface area contributed by atoms with Crippen molar-refractivity contribution >= 4 is 29.3 Å². The first kappa shape index (κ1) is 25.5. The van der Waals surface area contributed by atoms with E-state index < -0.39 is 0 Å². The van der Waals surface area contributed by atoms with Crippen LogP contribution in [0.15, 0.2) is 134 Å². The average Bonchev–Trinajstić information content (AvgIpc) is 2.87. The highest BCUT2D eigenvalue weighted by Gasteiger charge is 2.08. The van der Waals surface area contributed by atoms with Crippen molar-refractivity contribution in [3.63, 3.8) is 0 Å². The van der Waals surface area contributed by atoms with Gasteiger partial charge in [-0.25, -0.2) is 4.39 Å². The van der Waals surface area contributed by atoms with Crippen LogP contribution >= 0.6 is 23.5 Å². The third-order valence-electron chi connectivity index (χ3n) is 4.84. The minimum absolute atomic E-state index is 0.0318. The van der Waals surface area contributed by atoms with E-state index in [-0.39, 0.29) is 11.6 Å². The maximum Gasteiger partial charge on any atom is 0.193 e. The minimum atomic E-state index is -0.224. The molecule has 4 aromatic carbocycles. The van der Waals surface area contributed by atoms with Gasteiger partial charge in [-0.2, -0.15) is 0 Å². The molecule has 1 nitrogen and oxygen atoms in total. The van der Waals surface area contributed by atoms with E-state index in [1.165, 1.54) is 17.7 Å². The van der Waals surface area contributed by atoms with Crippen molar-refractivity contribution in [1.29, 1.82) is 0 Å². The van der Waals surface area contributed by atoms with Crippen molar-refractivity contribution in [2.24, 2.45) is 0 Å². The summed E-state index contributed by atoms with van der Waals surface area (Å²) in [5.41, 5.74) is 2.76. The first-order chi connectivity index (χ1) is 16.4. The molecule has 34 heavy (non-hydrogen) atoms. The van der Waals surface area contributed by atoms with E-state index >= 15 is 0 Å². The number of halogens is 1. The fourth-order valence-corrected chi connectivity index (χ4v) is 4.41. The van der Waals surface area contributed by atoms with Crippen LogP contribution in [-0.4, -0.2) is 5.78 Å². The molecular formula is C30H27FOS2. The Balaban J connectivity index is 0.000000588. The van der Waals surface area contributed by atoms with Gasteiger partial charge in [0.2, 0.25) is 0 Å². The maximum absolute atomic E-state index is 13.0. The number of hydrogen-bond acceptors (Lipinski definition) is 3. The Morgan fingerprint density at radius 2 is 0.971 bits per heavy atom. The normalized spacial score (nSPS) is 10.1. The summed E-state index contributed by atoms with van der Waals surface area (Å²) < 4.78 is 13.0. The molecule has 0 aliphatic carbocycles. The summed E-state index contributed by atoms with van der Waals surface area (Å²) in [6.45, 7) is 6.20. The molecule has 0 saturated heterocycles. The summed E-state index contributed by atoms with van der Waals surface area (Å²) in [6, 6.07) is 31.8. The van der Waals surface area contributed by atoms with Crippen LogP contribution in [0.4, 0.5) is 4.39 Å². The van der Waals surface area contributed by atoms with Crippen molar-refractivity contribution in [3.8, 4) is 0 Å². The van der Waals surface area contributed by atoms with Gasteiger partial charge in [0.05, 0.1) is 0 Å². The highest BCUT2D eigenvalue weighted by Crippen LogP contribution is 2.32. The fraction of sp³-hybridized carbons (Fsp3) is 0.100. The number of allylic oxidation sites excluding steroid dienone is 2.